The maximum absolute atomic E-state index is 11.8. The predicted molar refractivity (Wildman–Crippen MR) is 88.3 cm³/mol. The molecular weight excluding hydrogens is 310 g/mol. The number of benzene rings is 1. The van der Waals surface area contributed by atoms with E-state index in [-0.39, 0.29) is 31.0 Å². The molecule has 0 radical (unpaired) electrons. The monoisotopic (exact) mass is 331 g/mol. The van der Waals surface area contributed by atoms with Crippen molar-refractivity contribution in [1.29, 1.82) is 0 Å². The van der Waals surface area contributed by atoms with E-state index in [0.717, 1.165) is 16.9 Å². The second kappa shape index (κ2) is 7.68. The molecule has 0 saturated heterocycles. The van der Waals surface area contributed by atoms with Gasteiger partial charge in [0.1, 0.15) is 22.8 Å². The van der Waals surface area contributed by atoms with Crippen LogP contribution >= 0.6 is 0 Å². The summed E-state index contributed by atoms with van der Waals surface area (Å²) >= 11 is 0. The van der Waals surface area contributed by atoms with Crippen LogP contribution in [-0.4, -0.2) is 23.6 Å². The molecule has 0 spiro atoms. The fourth-order valence-electron chi connectivity index (χ4n) is 2.23. The molecule has 1 aromatic heterocycles. The largest absolute Gasteiger partial charge is 0.493 e. The molecule has 1 amide bonds. The number of nitrogens with one attached hydrogen (secondary N) is 1. The average Bonchev–Trinajstić information content (AvgIpc) is 2.90. The maximum Gasteiger partial charge on any atom is 0.339 e. The third-order valence-corrected chi connectivity index (χ3v) is 3.59. The fourth-order valence-corrected chi connectivity index (χ4v) is 2.23. The minimum atomic E-state index is -1.05. The number of hydrogen-bond acceptors (Lipinski definition) is 4. The van der Waals surface area contributed by atoms with Gasteiger partial charge < -0.3 is 19.6 Å². The Morgan fingerprint density at radius 2 is 1.96 bits per heavy atom. The molecule has 0 unspecified atom stereocenters. The van der Waals surface area contributed by atoms with Gasteiger partial charge in [-0.05, 0) is 44.0 Å². The van der Waals surface area contributed by atoms with Crippen molar-refractivity contribution in [2.45, 2.75) is 33.7 Å². The van der Waals surface area contributed by atoms with Gasteiger partial charge in [0.15, 0.2) is 0 Å². The van der Waals surface area contributed by atoms with Crippen LogP contribution in [-0.2, 0) is 11.3 Å². The molecule has 2 N–H and O–H groups in total. The zero-order chi connectivity index (χ0) is 17.7. The van der Waals surface area contributed by atoms with E-state index >= 15 is 0 Å². The highest BCUT2D eigenvalue weighted by atomic mass is 16.5. The van der Waals surface area contributed by atoms with Crippen molar-refractivity contribution >= 4 is 11.9 Å². The Morgan fingerprint density at radius 3 is 2.62 bits per heavy atom. The topological polar surface area (TPSA) is 88.8 Å². The lowest BCUT2D eigenvalue weighted by Gasteiger charge is -2.10. The summed E-state index contributed by atoms with van der Waals surface area (Å²) in [5, 5.41) is 11.6. The molecule has 0 atom stereocenters. The minimum Gasteiger partial charge on any atom is -0.493 e. The number of amides is 1. The summed E-state index contributed by atoms with van der Waals surface area (Å²) in [6.07, 6.45) is 0.207. The first-order valence-electron chi connectivity index (χ1n) is 7.66. The number of ether oxygens (including phenoxy) is 1. The molecule has 2 rings (SSSR count). The number of furan rings is 1. The minimum absolute atomic E-state index is 0.109. The van der Waals surface area contributed by atoms with E-state index in [2.05, 4.69) is 5.32 Å². The highest BCUT2D eigenvalue weighted by molar-refractivity contribution is 5.88. The number of rotatable bonds is 7. The Labute approximate surface area is 140 Å². The van der Waals surface area contributed by atoms with Gasteiger partial charge in [-0.25, -0.2) is 4.79 Å². The molecular formula is C18H21NO5. The van der Waals surface area contributed by atoms with Crippen molar-refractivity contribution in [2.75, 3.05) is 6.61 Å². The van der Waals surface area contributed by atoms with E-state index in [1.807, 2.05) is 32.0 Å². The first-order valence-corrected chi connectivity index (χ1v) is 7.66. The summed E-state index contributed by atoms with van der Waals surface area (Å²) in [5.74, 6) is 0.274. The normalized spacial score (nSPS) is 10.5. The molecule has 0 aliphatic carbocycles. The smallest absolute Gasteiger partial charge is 0.339 e. The number of carboxylic acid groups (broad SMARTS) is 1. The van der Waals surface area contributed by atoms with Gasteiger partial charge in [0, 0.05) is 0 Å². The molecule has 128 valence electrons. The number of hydrogen-bond donors (Lipinski definition) is 2. The fraction of sp³-hybridized carbons (Fsp3) is 0.333. The van der Waals surface area contributed by atoms with Gasteiger partial charge in [-0.1, -0.05) is 12.1 Å². The summed E-state index contributed by atoms with van der Waals surface area (Å²) in [6.45, 7) is 5.93. The number of carbonyl (C=O) groups excluding carboxylic acids is 1. The van der Waals surface area contributed by atoms with E-state index in [1.54, 1.807) is 6.92 Å². The van der Waals surface area contributed by atoms with Crippen LogP contribution in [0.25, 0.3) is 0 Å². The second-order valence-electron chi connectivity index (χ2n) is 5.63. The average molecular weight is 331 g/mol. The number of aromatic carboxylic acids is 1. The summed E-state index contributed by atoms with van der Waals surface area (Å²) in [4.78, 5) is 22.8. The predicted octanol–water partition coefficient (Wildman–Crippen LogP) is 2.99. The summed E-state index contributed by atoms with van der Waals surface area (Å²) in [7, 11) is 0. The van der Waals surface area contributed by atoms with Crippen LogP contribution < -0.4 is 10.1 Å². The lowest BCUT2D eigenvalue weighted by molar-refractivity contribution is -0.121. The van der Waals surface area contributed by atoms with Crippen molar-refractivity contribution in [3.63, 3.8) is 0 Å². The molecule has 6 nitrogen and oxygen atoms in total. The SMILES string of the molecule is Cc1ccc(C)c(OCCC(=O)NCc2cc(C(=O)O)c(C)o2)c1. The third kappa shape index (κ3) is 4.62. The van der Waals surface area contributed by atoms with Gasteiger partial charge in [0.25, 0.3) is 0 Å². The Bertz CT molecular complexity index is 748. The highest BCUT2D eigenvalue weighted by Crippen LogP contribution is 2.19. The highest BCUT2D eigenvalue weighted by Gasteiger charge is 2.14. The lowest BCUT2D eigenvalue weighted by Crippen LogP contribution is -2.24. The Morgan fingerprint density at radius 1 is 1.21 bits per heavy atom. The Kier molecular flexibility index (Phi) is 5.63. The van der Waals surface area contributed by atoms with E-state index in [0.29, 0.717) is 11.5 Å². The van der Waals surface area contributed by atoms with Crippen LogP contribution in [0.3, 0.4) is 0 Å². The molecule has 1 aromatic carbocycles. The van der Waals surface area contributed by atoms with Crippen molar-refractivity contribution in [2.24, 2.45) is 0 Å². The second-order valence-corrected chi connectivity index (χ2v) is 5.63. The molecule has 0 bridgehead atoms. The Balaban J connectivity index is 1.78. The standard InChI is InChI=1S/C18H21NO5/c1-11-4-5-12(2)16(8-11)23-7-6-17(20)19-10-14-9-15(18(21)22)13(3)24-14/h4-5,8-9H,6-7,10H2,1-3H3,(H,19,20)(H,21,22). The van der Waals surface area contributed by atoms with Crippen LogP contribution in [0.2, 0.25) is 0 Å². The quantitative estimate of drug-likeness (QED) is 0.814. The van der Waals surface area contributed by atoms with Gasteiger partial charge in [0.2, 0.25) is 5.91 Å². The van der Waals surface area contributed by atoms with E-state index in [1.165, 1.54) is 6.07 Å². The van der Waals surface area contributed by atoms with Crippen molar-refractivity contribution in [3.8, 4) is 5.75 Å². The van der Waals surface area contributed by atoms with Gasteiger partial charge in [-0.3, -0.25) is 4.79 Å². The van der Waals surface area contributed by atoms with Crippen molar-refractivity contribution in [3.05, 3.63) is 52.5 Å². The summed E-state index contributed by atoms with van der Waals surface area (Å²) in [5.41, 5.74) is 2.23. The summed E-state index contributed by atoms with van der Waals surface area (Å²) in [6, 6.07) is 7.34. The zero-order valence-electron chi connectivity index (χ0n) is 14.0. The van der Waals surface area contributed by atoms with Crippen molar-refractivity contribution in [1.82, 2.24) is 5.32 Å². The van der Waals surface area contributed by atoms with Crippen LogP contribution in [0.5, 0.6) is 5.75 Å². The van der Waals surface area contributed by atoms with Gasteiger partial charge >= 0.3 is 5.97 Å². The van der Waals surface area contributed by atoms with Gasteiger partial charge in [0.05, 0.1) is 19.6 Å². The molecule has 0 saturated carbocycles. The first kappa shape index (κ1) is 17.6. The molecule has 0 fully saturated rings. The van der Waals surface area contributed by atoms with Crippen LogP contribution in [0.4, 0.5) is 0 Å². The first-order chi connectivity index (χ1) is 11.4. The maximum atomic E-state index is 11.8. The summed E-state index contributed by atoms with van der Waals surface area (Å²) < 4.78 is 10.9. The third-order valence-electron chi connectivity index (χ3n) is 3.59. The number of carbonyl (C=O) groups is 2. The molecule has 0 aliphatic rings. The number of carboxylic acids is 1. The van der Waals surface area contributed by atoms with Crippen molar-refractivity contribution < 1.29 is 23.8 Å². The molecule has 0 aliphatic heterocycles. The van der Waals surface area contributed by atoms with E-state index in [9.17, 15) is 9.59 Å². The lowest BCUT2D eigenvalue weighted by atomic mass is 10.1. The van der Waals surface area contributed by atoms with Crippen LogP contribution in [0, 0.1) is 20.8 Å². The van der Waals surface area contributed by atoms with Gasteiger partial charge in [-0.15, -0.1) is 0 Å². The van der Waals surface area contributed by atoms with Crippen LogP contribution in [0.1, 0.15) is 39.4 Å². The molecule has 6 heteroatoms. The molecule has 24 heavy (non-hydrogen) atoms. The zero-order valence-corrected chi connectivity index (χ0v) is 14.0. The van der Waals surface area contributed by atoms with E-state index < -0.39 is 5.97 Å². The van der Waals surface area contributed by atoms with E-state index in [4.69, 9.17) is 14.3 Å². The van der Waals surface area contributed by atoms with Crippen LogP contribution in [0.15, 0.2) is 28.7 Å². The Hall–Kier alpha value is -2.76. The molecule has 1 heterocycles. The van der Waals surface area contributed by atoms with Gasteiger partial charge in [-0.2, -0.15) is 0 Å². The number of aryl methyl sites for hydroxylation is 3. The molecule has 2 aromatic rings.